The van der Waals surface area contributed by atoms with Crippen molar-refractivity contribution in [3.05, 3.63) is 24.0 Å². The van der Waals surface area contributed by atoms with Crippen molar-refractivity contribution in [3.63, 3.8) is 0 Å². The summed E-state index contributed by atoms with van der Waals surface area (Å²) < 4.78 is 7.17. The van der Waals surface area contributed by atoms with Crippen molar-refractivity contribution in [2.75, 3.05) is 7.11 Å². The lowest BCUT2D eigenvalue weighted by Crippen LogP contribution is -2.03. The van der Waals surface area contributed by atoms with Crippen LogP contribution in [0.4, 0.5) is 0 Å². The highest BCUT2D eigenvalue weighted by molar-refractivity contribution is 5.84. The first-order chi connectivity index (χ1) is 7.63. The molecular weight excluding hydrogens is 204 g/mol. The Morgan fingerprint density at radius 2 is 2.25 bits per heavy atom. The van der Waals surface area contributed by atoms with E-state index < -0.39 is 0 Å². The van der Waals surface area contributed by atoms with E-state index in [1.54, 1.807) is 14.0 Å². The van der Waals surface area contributed by atoms with E-state index in [1.165, 1.54) is 0 Å². The number of Topliss-reactive ketones (excluding diaryl/α,β-unsaturated/α-hetero) is 1. The maximum Gasteiger partial charge on any atom is 0.146 e. The molecule has 0 saturated carbocycles. The molecule has 16 heavy (non-hydrogen) atoms. The number of hydrogen-bond acceptors (Lipinski definition) is 3. The molecule has 0 atom stereocenters. The Kier molecular flexibility index (Phi) is 2.64. The normalized spacial score (nSPS) is 10.7. The van der Waals surface area contributed by atoms with Gasteiger partial charge < -0.3 is 9.30 Å². The molecule has 0 saturated heterocycles. The van der Waals surface area contributed by atoms with Gasteiger partial charge in [0.2, 0.25) is 0 Å². The minimum Gasteiger partial charge on any atom is -0.494 e. The number of carbonyl (C=O) groups excluding carboxylic acids is 1. The summed E-state index contributed by atoms with van der Waals surface area (Å²) in [7, 11) is 3.53. The predicted octanol–water partition coefficient (Wildman–Crippen LogP) is 1.71. The first-order valence-electron chi connectivity index (χ1n) is 5.11. The predicted molar refractivity (Wildman–Crippen MR) is 61.7 cm³/mol. The van der Waals surface area contributed by atoms with E-state index in [-0.39, 0.29) is 5.78 Å². The van der Waals surface area contributed by atoms with Gasteiger partial charge in [-0.25, -0.2) is 4.98 Å². The van der Waals surface area contributed by atoms with Gasteiger partial charge in [-0.15, -0.1) is 0 Å². The Morgan fingerprint density at radius 3 is 2.88 bits per heavy atom. The third kappa shape index (κ3) is 1.66. The average Bonchev–Trinajstić information content (AvgIpc) is 2.55. The molecule has 0 spiro atoms. The number of benzene rings is 1. The lowest BCUT2D eigenvalue weighted by molar-refractivity contribution is -0.116. The van der Waals surface area contributed by atoms with Crippen LogP contribution < -0.4 is 4.74 Å². The molecule has 0 unspecified atom stereocenters. The van der Waals surface area contributed by atoms with Gasteiger partial charge in [0.05, 0.1) is 19.0 Å². The molecule has 0 bridgehead atoms. The molecule has 1 aromatic carbocycles. The van der Waals surface area contributed by atoms with Crippen molar-refractivity contribution in [2.24, 2.45) is 7.05 Å². The molecule has 4 heteroatoms. The first-order valence-corrected chi connectivity index (χ1v) is 5.11. The fraction of sp³-hybridized carbons (Fsp3) is 0.333. The zero-order valence-corrected chi connectivity index (χ0v) is 9.65. The van der Waals surface area contributed by atoms with E-state index in [4.69, 9.17) is 4.74 Å². The van der Waals surface area contributed by atoms with E-state index >= 15 is 0 Å². The molecule has 84 valence electrons. The Bertz CT molecular complexity index is 543. The molecule has 1 heterocycles. The van der Waals surface area contributed by atoms with Gasteiger partial charge in [0.1, 0.15) is 22.9 Å². The molecular formula is C12H14N2O2. The molecule has 0 fully saturated rings. The van der Waals surface area contributed by atoms with Gasteiger partial charge in [-0.05, 0) is 19.1 Å². The Morgan fingerprint density at radius 1 is 1.50 bits per heavy atom. The number of nitrogens with zero attached hydrogens (tertiary/aromatic N) is 2. The molecule has 0 amide bonds. The summed E-state index contributed by atoms with van der Waals surface area (Å²) in [6.07, 6.45) is 0.355. The van der Waals surface area contributed by atoms with Crippen molar-refractivity contribution in [2.45, 2.75) is 13.3 Å². The zero-order valence-electron chi connectivity index (χ0n) is 9.65. The lowest BCUT2D eigenvalue weighted by atomic mass is 10.3. The van der Waals surface area contributed by atoms with Crippen LogP contribution in [0.15, 0.2) is 18.2 Å². The number of carbonyl (C=O) groups is 1. The minimum atomic E-state index is 0.109. The molecule has 2 aromatic rings. The molecule has 1 aromatic heterocycles. The van der Waals surface area contributed by atoms with Gasteiger partial charge in [0.15, 0.2) is 0 Å². The SMILES string of the molecule is COc1cccc2c1nc(CC(C)=O)n2C. The summed E-state index contributed by atoms with van der Waals surface area (Å²) in [5.41, 5.74) is 1.79. The average molecular weight is 218 g/mol. The van der Waals surface area contributed by atoms with Crippen molar-refractivity contribution in [3.8, 4) is 5.75 Å². The highest BCUT2D eigenvalue weighted by Gasteiger charge is 2.12. The third-order valence-corrected chi connectivity index (χ3v) is 2.59. The Balaban J connectivity index is 2.62. The number of rotatable bonds is 3. The second-order valence-corrected chi connectivity index (χ2v) is 3.79. The van der Waals surface area contributed by atoms with Gasteiger partial charge >= 0.3 is 0 Å². The van der Waals surface area contributed by atoms with Crippen molar-refractivity contribution < 1.29 is 9.53 Å². The number of para-hydroxylation sites is 1. The highest BCUT2D eigenvalue weighted by atomic mass is 16.5. The van der Waals surface area contributed by atoms with E-state index in [0.717, 1.165) is 22.6 Å². The quantitative estimate of drug-likeness (QED) is 0.787. The maximum atomic E-state index is 11.1. The van der Waals surface area contributed by atoms with E-state index in [0.29, 0.717) is 6.42 Å². The fourth-order valence-electron chi connectivity index (χ4n) is 1.78. The van der Waals surface area contributed by atoms with Crippen LogP contribution in [0.3, 0.4) is 0 Å². The number of aryl methyl sites for hydroxylation is 1. The number of ether oxygens (including phenoxy) is 1. The molecule has 0 aliphatic rings. The van der Waals surface area contributed by atoms with Crippen LogP contribution in [0.5, 0.6) is 5.75 Å². The summed E-state index contributed by atoms with van der Waals surface area (Å²) in [4.78, 5) is 15.6. The molecule has 0 aliphatic carbocycles. The number of imidazole rings is 1. The van der Waals surface area contributed by atoms with Crippen LogP contribution in [0, 0.1) is 0 Å². The van der Waals surface area contributed by atoms with Gasteiger partial charge in [0, 0.05) is 7.05 Å². The summed E-state index contributed by atoms with van der Waals surface area (Å²) in [6.45, 7) is 1.57. The standard InChI is InChI=1S/C12H14N2O2/c1-8(15)7-11-13-12-9(14(11)2)5-4-6-10(12)16-3/h4-6H,7H2,1-3H3. The van der Waals surface area contributed by atoms with Gasteiger partial charge in [-0.1, -0.05) is 6.07 Å². The Hall–Kier alpha value is -1.84. The van der Waals surface area contributed by atoms with Crippen LogP contribution in [0.1, 0.15) is 12.7 Å². The second kappa shape index (κ2) is 3.96. The van der Waals surface area contributed by atoms with Crippen LogP contribution >= 0.6 is 0 Å². The van der Waals surface area contributed by atoms with Crippen LogP contribution in [0.25, 0.3) is 11.0 Å². The number of hydrogen-bond donors (Lipinski definition) is 0. The minimum absolute atomic E-state index is 0.109. The molecule has 0 radical (unpaired) electrons. The van der Waals surface area contributed by atoms with Crippen LogP contribution in [-0.4, -0.2) is 22.4 Å². The second-order valence-electron chi connectivity index (χ2n) is 3.79. The lowest BCUT2D eigenvalue weighted by Gasteiger charge is -2.00. The fourth-order valence-corrected chi connectivity index (χ4v) is 1.78. The number of methoxy groups -OCH3 is 1. The molecule has 0 aliphatic heterocycles. The molecule has 0 N–H and O–H groups in total. The highest BCUT2D eigenvalue weighted by Crippen LogP contribution is 2.25. The van der Waals surface area contributed by atoms with Gasteiger partial charge in [0.25, 0.3) is 0 Å². The van der Waals surface area contributed by atoms with Crippen LogP contribution in [0.2, 0.25) is 0 Å². The number of ketones is 1. The van der Waals surface area contributed by atoms with E-state index in [2.05, 4.69) is 4.98 Å². The smallest absolute Gasteiger partial charge is 0.146 e. The van der Waals surface area contributed by atoms with Gasteiger partial charge in [-0.3, -0.25) is 4.79 Å². The van der Waals surface area contributed by atoms with Crippen molar-refractivity contribution in [1.29, 1.82) is 0 Å². The van der Waals surface area contributed by atoms with Crippen LogP contribution in [-0.2, 0) is 18.3 Å². The number of aromatic nitrogens is 2. The molecule has 2 rings (SSSR count). The van der Waals surface area contributed by atoms with E-state index in [1.807, 2.05) is 29.8 Å². The maximum absolute atomic E-state index is 11.1. The monoisotopic (exact) mass is 218 g/mol. The summed E-state index contributed by atoms with van der Waals surface area (Å²) in [5, 5.41) is 0. The third-order valence-electron chi connectivity index (χ3n) is 2.59. The zero-order chi connectivity index (χ0) is 11.7. The number of fused-ring (bicyclic) bond motifs is 1. The largest absolute Gasteiger partial charge is 0.494 e. The summed E-state index contributed by atoms with van der Waals surface area (Å²) in [6, 6.07) is 5.75. The summed E-state index contributed by atoms with van der Waals surface area (Å²) >= 11 is 0. The van der Waals surface area contributed by atoms with Crippen molar-refractivity contribution in [1.82, 2.24) is 9.55 Å². The first kappa shape index (κ1) is 10.7. The topological polar surface area (TPSA) is 44.1 Å². The van der Waals surface area contributed by atoms with E-state index in [9.17, 15) is 4.79 Å². The molecule has 4 nitrogen and oxygen atoms in total. The Labute approximate surface area is 93.9 Å². The summed E-state index contributed by atoms with van der Waals surface area (Å²) in [5.74, 6) is 1.62. The van der Waals surface area contributed by atoms with Crippen molar-refractivity contribution >= 4 is 16.8 Å². The van der Waals surface area contributed by atoms with Gasteiger partial charge in [-0.2, -0.15) is 0 Å².